The van der Waals surface area contributed by atoms with E-state index in [2.05, 4.69) is 80.3 Å². The molecule has 2 aromatic carbocycles. The van der Waals surface area contributed by atoms with Crippen molar-refractivity contribution in [2.24, 2.45) is 4.99 Å². The fraction of sp³-hybridized carbons (Fsp3) is 0.100. The number of rotatable bonds is 3. The van der Waals surface area contributed by atoms with Gasteiger partial charge in [0.15, 0.2) is 0 Å². The summed E-state index contributed by atoms with van der Waals surface area (Å²) in [4.78, 5) is 9.21. The van der Waals surface area contributed by atoms with E-state index in [4.69, 9.17) is 0 Å². The minimum absolute atomic E-state index is 0.246. The van der Waals surface area contributed by atoms with Crippen LogP contribution in [0.3, 0.4) is 0 Å². The van der Waals surface area contributed by atoms with Crippen LogP contribution in [0.25, 0.3) is 11.1 Å². The van der Waals surface area contributed by atoms with Crippen LogP contribution in [0.15, 0.2) is 71.9 Å². The van der Waals surface area contributed by atoms with Crippen molar-refractivity contribution in [1.82, 2.24) is 4.98 Å². The van der Waals surface area contributed by atoms with E-state index in [-0.39, 0.29) is 5.92 Å². The summed E-state index contributed by atoms with van der Waals surface area (Å²) in [5.41, 5.74) is 4.53. The van der Waals surface area contributed by atoms with Crippen LogP contribution in [0.4, 0.5) is 11.5 Å². The third-order valence-corrected chi connectivity index (χ3v) is 4.86. The Labute approximate surface area is 155 Å². The van der Waals surface area contributed by atoms with E-state index in [1.54, 1.807) is 0 Å². The highest BCUT2D eigenvalue weighted by Crippen LogP contribution is 2.32. The van der Waals surface area contributed by atoms with Gasteiger partial charge in [-0.25, -0.2) is 4.98 Å². The summed E-state index contributed by atoms with van der Waals surface area (Å²) in [7, 11) is 0. The van der Waals surface area contributed by atoms with Gasteiger partial charge < -0.3 is 5.32 Å². The normalized spacial score (nSPS) is 16.1. The number of aliphatic imine (C=N–C) groups is 1. The molecule has 0 aliphatic carbocycles. The number of hydrogen-bond acceptors (Lipinski definition) is 3. The first kappa shape index (κ1) is 15.3. The van der Waals surface area contributed by atoms with Crippen LogP contribution in [0.2, 0.25) is 0 Å². The third-order valence-electron chi connectivity index (χ3n) is 4.14. The molecule has 4 heteroatoms. The molecule has 0 saturated carbocycles. The second-order valence-electron chi connectivity index (χ2n) is 5.77. The summed E-state index contributed by atoms with van der Waals surface area (Å²) in [6, 6.07) is 20.8. The second-order valence-corrected chi connectivity index (χ2v) is 7.02. The van der Waals surface area contributed by atoms with Crippen LogP contribution in [-0.4, -0.2) is 17.7 Å². The highest BCUT2D eigenvalue weighted by atomic mass is 127. The minimum atomic E-state index is 0.246. The highest BCUT2D eigenvalue weighted by molar-refractivity contribution is 14.1. The lowest BCUT2D eigenvalue weighted by atomic mass is 10.00. The maximum absolute atomic E-state index is 4.63. The number of anilines is 1. The summed E-state index contributed by atoms with van der Waals surface area (Å²) in [5.74, 6) is 1.21. The van der Waals surface area contributed by atoms with Crippen molar-refractivity contribution in [3.8, 4) is 11.1 Å². The molecule has 24 heavy (non-hydrogen) atoms. The van der Waals surface area contributed by atoms with Gasteiger partial charge in [-0.3, -0.25) is 4.99 Å². The quantitative estimate of drug-likeness (QED) is 0.459. The molecule has 1 aliphatic rings. The maximum Gasteiger partial charge on any atom is 0.129 e. The topological polar surface area (TPSA) is 37.3 Å². The summed E-state index contributed by atoms with van der Waals surface area (Å²) in [6.07, 6.45) is 3.96. The Morgan fingerprint density at radius 3 is 2.62 bits per heavy atom. The number of nitrogens with zero attached hydrogens (tertiary/aromatic N) is 2. The van der Waals surface area contributed by atoms with Crippen LogP contribution in [0.5, 0.6) is 0 Å². The van der Waals surface area contributed by atoms with E-state index in [0.717, 1.165) is 23.6 Å². The fourth-order valence-corrected chi connectivity index (χ4v) is 3.21. The Morgan fingerprint density at radius 2 is 1.83 bits per heavy atom. The second kappa shape index (κ2) is 6.73. The fourth-order valence-electron chi connectivity index (χ4n) is 2.85. The zero-order chi connectivity index (χ0) is 16.4. The van der Waals surface area contributed by atoms with Crippen molar-refractivity contribution in [3.63, 3.8) is 0 Å². The molecule has 3 nitrogen and oxygen atoms in total. The molecule has 1 atom stereocenters. The van der Waals surface area contributed by atoms with Gasteiger partial charge in [0.2, 0.25) is 0 Å². The van der Waals surface area contributed by atoms with Gasteiger partial charge in [0.05, 0.1) is 5.69 Å². The van der Waals surface area contributed by atoms with Gasteiger partial charge in [0.1, 0.15) is 5.82 Å². The van der Waals surface area contributed by atoms with Gasteiger partial charge in [-0.15, -0.1) is 0 Å². The maximum atomic E-state index is 4.63. The molecule has 0 radical (unpaired) electrons. The zero-order valence-electron chi connectivity index (χ0n) is 13.0. The Hall–Kier alpha value is -2.21. The lowest BCUT2D eigenvalue weighted by Gasteiger charge is -2.07. The molecule has 0 spiro atoms. The molecule has 0 saturated heterocycles. The van der Waals surface area contributed by atoms with E-state index < -0.39 is 0 Å². The van der Waals surface area contributed by atoms with Crippen molar-refractivity contribution < 1.29 is 0 Å². The molecule has 4 rings (SSSR count). The molecule has 1 unspecified atom stereocenters. The first-order valence-corrected chi connectivity index (χ1v) is 8.96. The van der Waals surface area contributed by atoms with Gasteiger partial charge in [-0.1, -0.05) is 30.3 Å². The van der Waals surface area contributed by atoms with Crippen molar-refractivity contribution >= 4 is 40.3 Å². The molecule has 1 N–H and O–H groups in total. The Morgan fingerprint density at radius 1 is 1.04 bits per heavy atom. The summed E-state index contributed by atoms with van der Waals surface area (Å²) < 4.78 is 1.22. The lowest BCUT2D eigenvalue weighted by Crippen LogP contribution is -2.02. The van der Waals surface area contributed by atoms with E-state index in [1.165, 1.54) is 14.7 Å². The van der Waals surface area contributed by atoms with Crippen LogP contribution >= 0.6 is 22.6 Å². The van der Waals surface area contributed by atoms with Crippen LogP contribution in [0, 0.1) is 3.57 Å². The number of pyridine rings is 1. The summed E-state index contributed by atoms with van der Waals surface area (Å²) in [5, 5.41) is 3.37. The van der Waals surface area contributed by atoms with E-state index in [9.17, 15) is 0 Å². The summed E-state index contributed by atoms with van der Waals surface area (Å²) >= 11 is 2.30. The van der Waals surface area contributed by atoms with Gasteiger partial charge in [-0.2, -0.15) is 0 Å². The van der Waals surface area contributed by atoms with Crippen molar-refractivity contribution in [1.29, 1.82) is 0 Å². The zero-order valence-corrected chi connectivity index (χ0v) is 15.1. The van der Waals surface area contributed by atoms with Crippen molar-refractivity contribution in [2.75, 3.05) is 11.9 Å². The Balaban J connectivity index is 1.62. The third kappa shape index (κ3) is 3.19. The smallest absolute Gasteiger partial charge is 0.129 e. The number of hydrogen-bond donors (Lipinski definition) is 1. The number of nitrogens with one attached hydrogen (secondary N) is 1. The van der Waals surface area contributed by atoms with Gasteiger partial charge in [0, 0.05) is 39.6 Å². The molecule has 0 fully saturated rings. The molecule has 0 amide bonds. The predicted molar refractivity (Wildman–Crippen MR) is 108 cm³/mol. The highest BCUT2D eigenvalue weighted by Gasteiger charge is 2.22. The average Bonchev–Trinajstić information content (AvgIpc) is 3.04. The van der Waals surface area contributed by atoms with Gasteiger partial charge in [0.25, 0.3) is 0 Å². The van der Waals surface area contributed by atoms with Crippen LogP contribution in [-0.2, 0) is 0 Å². The lowest BCUT2D eigenvalue weighted by molar-refractivity contribution is 1.02. The van der Waals surface area contributed by atoms with E-state index >= 15 is 0 Å². The summed E-state index contributed by atoms with van der Waals surface area (Å²) in [6.45, 7) is 0.842. The Kier molecular flexibility index (Phi) is 4.30. The van der Waals surface area contributed by atoms with E-state index in [1.807, 2.05) is 30.6 Å². The predicted octanol–water partition coefficient (Wildman–Crippen LogP) is 5.26. The monoisotopic (exact) mass is 425 g/mol. The minimum Gasteiger partial charge on any atom is -0.369 e. The molecule has 1 aliphatic heterocycles. The first-order chi connectivity index (χ1) is 11.8. The van der Waals surface area contributed by atoms with Crippen molar-refractivity contribution in [2.45, 2.75) is 5.92 Å². The molecule has 3 aromatic rings. The standard InChI is InChI=1S/C20H16IN3/c21-17-6-8-18(9-7-17)22-12-16-13-24-20-19(16)10-15(11-23-20)14-4-2-1-3-5-14/h1-12,16H,13H2,(H,23,24). The SMILES string of the molecule is Ic1ccc(N=CC2CNc3ncc(-c4ccccc4)cc32)cc1. The van der Waals surface area contributed by atoms with Crippen molar-refractivity contribution in [3.05, 3.63) is 76.0 Å². The number of halogens is 1. The van der Waals surface area contributed by atoms with Crippen LogP contribution in [0.1, 0.15) is 11.5 Å². The first-order valence-electron chi connectivity index (χ1n) is 7.88. The van der Waals surface area contributed by atoms with Gasteiger partial charge in [-0.05, 0) is 58.5 Å². The Bertz CT molecular complexity index is 873. The number of fused-ring (bicyclic) bond motifs is 1. The molecular formula is C20H16IN3. The number of benzene rings is 2. The van der Waals surface area contributed by atoms with Crippen LogP contribution < -0.4 is 5.32 Å². The van der Waals surface area contributed by atoms with E-state index in [0.29, 0.717) is 0 Å². The molecule has 2 heterocycles. The molecule has 1 aromatic heterocycles. The molecular weight excluding hydrogens is 409 g/mol. The number of aromatic nitrogens is 1. The largest absolute Gasteiger partial charge is 0.369 e. The average molecular weight is 425 g/mol. The van der Waals surface area contributed by atoms with Gasteiger partial charge >= 0.3 is 0 Å². The molecule has 118 valence electrons. The molecule has 0 bridgehead atoms.